The van der Waals surface area contributed by atoms with E-state index in [1.807, 2.05) is 0 Å². The molecule has 0 radical (unpaired) electrons. The van der Waals surface area contributed by atoms with E-state index in [2.05, 4.69) is 6.92 Å². The SMILES string of the molecule is CCCCCCCCCS[C@@H]1OC[C@@](CO)(COC[C@H]2OC(CO)[C@@H](O)C(O)C2O)C(O)C1O. The van der Waals surface area contributed by atoms with Crippen molar-refractivity contribution in [2.75, 3.05) is 38.8 Å². The first kappa shape index (κ1) is 30.2. The normalized spacial score (nSPS) is 38.8. The topological polar surface area (TPSA) is 169 Å². The third kappa shape index (κ3) is 7.97. The number of aliphatic hydroxyl groups is 7. The molecule has 11 heteroatoms. The summed E-state index contributed by atoms with van der Waals surface area (Å²) in [6, 6.07) is 0. The Hall–Kier alpha value is -0.0500. The van der Waals surface area contributed by atoms with Gasteiger partial charge in [-0.05, 0) is 12.2 Å². The van der Waals surface area contributed by atoms with E-state index in [4.69, 9.17) is 14.2 Å². The van der Waals surface area contributed by atoms with Gasteiger partial charge in [0.2, 0.25) is 0 Å². The molecule has 0 aromatic carbocycles. The molecule has 2 fully saturated rings. The van der Waals surface area contributed by atoms with Crippen molar-refractivity contribution in [1.82, 2.24) is 0 Å². The van der Waals surface area contributed by atoms with Gasteiger partial charge in [0.25, 0.3) is 0 Å². The van der Waals surface area contributed by atoms with Crippen LogP contribution in [0.1, 0.15) is 51.9 Å². The Morgan fingerprint density at radius 2 is 1.50 bits per heavy atom. The molecule has 0 spiro atoms. The molecule has 2 heterocycles. The van der Waals surface area contributed by atoms with Gasteiger partial charge in [0, 0.05) is 0 Å². The second-order valence-electron chi connectivity index (χ2n) is 9.51. The van der Waals surface area contributed by atoms with Crippen molar-refractivity contribution < 1.29 is 50.0 Å². The van der Waals surface area contributed by atoms with Crippen LogP contribution in [0.4, 0.5) is 0 Å². The van der Waals surface area contributed by atoms with Crippen molar-refractivity contribution in [2.24, 2.45) is 5.41 Å². The molecule has 9 atom stereocenters. The number of hydrogen-bond acceptors (Lipinski definition) is 11. The highest BCUT2D eigenvalue weighted by Crippen LogP contribution is 2.36. The summed E-state index contributed by atoms with van der Waals surface area (Å²) in [6.07, 6.45) is -0.641. The summed E-state index contributed by atoms with van der Waals surface area (Å²) >= 11 is 1.46. The molecule has 0 aliphatic carbocycles. The Morgan fingerprint density at radius 3 is 2.15 bits per heavy atom. The molecule has 202 valence electrons. The molecule has 10 nitrogen and oxygen atoms in total. The number of ether oxygens (including phenoxy) is 3. The predicted molar refractivity (Wildman–Crippen MR) is 126 cm³/mol. The van der Waals surface area contributed by atoms with Gasteiger partial charge in [-0.25, -0.2) is 0 Å². The highest BCUT2D eigenvalue weighted by molar-refractivity contribution is 7.99. The van der Waals surface area contributed by atoms with Gasteiger partial charge < -0.3 is 50.0 Å². The van der Waals surface area contributed by atoms with Crippen molar-refractivity contribution in [3.05, 3.63) is 0 Å². The molecule has 0 aromatic heterocycles. The molecule has 2 aliphatic rings. The van der Waals surface area contributed by atoms with Gasteiger partial charge in [0.15, 0.2) is 0 Å². The average molecular weight is 513 g/mol. The Morgan fingerprint density at radius 1 is 0.853 bits per heavy atom. The zero-order valence-corrected chi connectivity index (χ0v) is 20.9. The maximum atomic E-state index is 10.8. The van der Waals surface area contributed by atoms with Crippen molar-refractivity contribution >= 4 is 11.8 Å². The second kappa shape index (κ2) is 15.3. The third-order valence-electron chi connectivity index (χ3n) is 6.77. The lowest BCUT2D eigenvalue weighted by Gasteiger charge is -2.45. The molecule has 34 heavy (non-hydrogen) atoms. The van der Waals surface area contributed by atoms with Crippen LogP contribution in [-0.4, -0.2) is 123 Å². The largest absolute Gasteiger partial charge is 0.396 e. The molecule has 2 rings (SSSR count). The smallest absolute Gasteiger partial charge is 0.131 e. The highest BCUT2D eigenvalue weighted by Gasteiger charge is 2.50. The molecule has 0 saturated carbocycles. The molecule has 7 N–H and O–H groups in total. The van der Waals surface area contributed by atoms with Crippen LogP contribution in [0.2, 0.25) is 0 Å². The number of rotatable bonds is 15. The van der Waals surface area contributed by atoms with Crippen LogP contribution in [0, 0.1) is 5.41 Å². The van der Waals surface area contributed by atoms with Crippen LogP contribution in [0.25, 0.3) is 0 Å². The van der Waals surface area contributed by atoms with Crippen molar-refractivity contribution in [2.45, 2.75) is 100 Å². The summed E-state index contributed by atoms with van der Waals surface area (Å²) in [5.74, 6) is 0.807. The van der Waals surface area contributed by atoms with Gasteiger partial charge in [-0.3, -0.25) is 0 Å². The molecular weight excluding hydrogens is 468 g/mol. The third-order valence-corrected chi connectivity index (χ3v) is 8.04. The van der Waals surface area contributed by atoms with Gasteiger partial charge in [0.05, 0.1) is 44.6 Å². The molecular formula is C23H44O10S. The van der Waals surface area contributed by atoms with Crippen molar-refractivity contribution in [3.8, 4) is 0 Å². The summed E-state index contributed by atoms with van der Waals surface area (Å²) in [4.78, 5) is 0. The zero-order valence-electron chi connectivity index (χ0n) is 20.1. The fraction of sp³-hybridized carbons (Fsp3) is 1.00. The first-order valence-electron chi connectivity index (χ1n) is 12.4. The number of hydrogen-bond donors (Lipinski definition) is 7. The fourth-order valence-electron chi connectivity index (χ4n) is 4.35. The van der Waals surface area contributed by atoms with Gasteiger partial charge in [-0.15, -0.1) is 11.8 Å². The lowest BCUT2D eigenvalue weighted by Crippen LogP contribution is -2.61. The van der Waals surface area contributed by atoms with E-state index in [-0.39, 0.29) is 19.8 Å². The summed E-state index contributed by atoms with van der Waals surface area (Å²) in [7, 11) is 0. The zero-order chi connectivity index (χ0) is 25.1. The summed E-state index contributed by atoms with van der Waals surface area (Å²) in [6.45, 7) is 0.728. The van der Waals surface area contributed by atoms with E-state index in [1.165, 1.54) is 43.9 Å². The number of thioether (sulfide) groups is 1. The Kier molecular flexibility index (Phi) is 13.5. The quantitative estimate of drug-likeness (QED) is 0.140. The number of aliphatic hydroxyl groups excluding tert-OH is 7. The predicted octanol–water partition coefficient (Wildman–Crippen LogP) is -0.614. The average Bonchev–Trinajstić information content (AvgIpc) is 2.84. The summed E-state index contributed by atoms with van der Waals surface area (Å²) in [5, 5.41) is 70.5. The van der Waals surface area contributed by atoms with E-state index >= 15 is 0 Å². The summed E-state index contributed by atoms with van der Waals surface area (Å²) in [5.41, 5.74) is -1.86. The number of unbranched alkanes of at least 4 members (excludes halogenated alkanes) is 6. The first-order chi connectivity index (χ1) is 16.3. The van der Waals surface area contributed by atoms with Crippen molar-refractivity contribution in [3.63, 3.8) is 0 Å². The maximum absolute atomic E-state index is 10.8. The molecule has 0 amide bonds. The van der Waals surface area contributed by atoms with Crippen LogP contribution in [0.5, 0.6) is 0 Å². The Balaban J connectivity index is 1.77. The molecule has 2 aliphatic heterocycles. The standard InChI is InChI=1S/C23H44O10S/c1-2-3-4-5-6-7-8-9-34-22-20(29)21(30)23(12-25,14-32-22)13-31-11-16-18(27)19(28)17(26)15(10-24)33-16/h15-22,24-30H,2-14H2,1H3/t15?,16-,17-,18?,19?,20?,21?,22+,23-/m1/s1. The van der Waals surface area contributed by atoms with Gasteiger partial charge >= 0.3 is 0 Å². The van der Waals surface area contributed by atoms with Crippen molar-refractivity contribution in [1.29, 1.82) is 0 Å². The minimum absolute atomic E-state index is 0.0227. The monoisotopic (exact) mass is 512 g/mol. The Labute approximate surface area is 206 Å². The molecule has 5 unspecified atom stereocenters. The van der Waals surface area contributed by atoms with Gasteiger partial charge in [-0.1, -0.05) is 45.4 Å². The van der Waals surface area contributed by atoms with E-state index in [1.54, 1.807) is 0 Å². The minimum atomic E-state index is -1.51. The van der Waals surface area contributed by atoms with E-state index in [0.29, 0.717) is 0 Å². The maximum Gasteiger partial charge on any atom is 0.131 e. The Bertz CT molecular complexity index is 556. The van der Waals surface area contributed by atoms with E-state index in [9.17, 15) is 35.7 Å². The van der Waals surface area contributed by atoms with Crippen LogP contribution >= 0.6 is 11.8 Å². The first-order valence-corrected chi connectivity index (χ1v) is 13.4. The van der Waals surface area contributed by atoms with Crippen LogP contribution < -0.4 is 0 Å². The second-order valence-corrected chi connectivity index (χ2v) is 10.7. The van der Waals surface area contributed by atoms with Crippen LogP contribution in [0.15, 0.2) is 0 Å². The molecule has 2 saturated heterocycles. The lowest BCUT2D eigenvalue weighted by atomic mass is 9.80. The van der Waals surface area contributed by atoms with Crippen LogP contribution in [-0.2, 0) is 14.2 Å². The fourth-order valence-corrected chi connectivity index (χ4v) is 5.47. The van der Waals surface area contributed by atoms with Crippen LogP contribution in [0.3, 0.4) is 0 Å². The summed E-state index contributed by atoms with van der Waals surface area (Å²) < 4.78 is 16.8. The minimum Gasteiger partial charge on any atom is -0.396 e. The van der Waals surface area contributed by atoms with Gasteiger partial charge in [-0.2, -0.15) is 0 Å². The van der Waals surface area contributed by atoms with E-state index in [0.717, 1.165) is 18.6 Å². The highest BCUT2D eigenvalue weighted by atomic mass is 32.2. The molecule has 0 bridgehead atoms. The molecule has 0 aromatic rings. The lowest BCUT2D eigenvalue weighted by molar-refractivity contribution is -0.247. The van der Waals surface area contributed by atoms with E-state index < -0.39 is 66.8 Å². The van der Waals surface area contributed by atoms with Gasteiger partial charge in [0.1, 0.15) is 42.1 Å².